The van der Waals surface area contributed by atoms with E-state index in [2.05, 4.69) is 191 Å². The molecule has 85 heavy (non-hydrogen) atoms. The molecule has 0 spiro atoms. The zero-order valence-electron chi connectivity index (χ0n) is 47.9. The van der Waals surface area contributed by atoms with Gasteiger partial charge in [-0.2, -0.15) is 68.5 Å². The normalized spacial score (nSPS) is 12.4. The number of aromatic nitrogens is 8. The summed E-state index contributed by atoms with van der Waals surface area (Å²) in [6.07, 6.45) is 0. The van der Waals surface area contributed by atoms with E-state index in [1.165, 1.54) is 87.9 Å². The van der Waals surface area contributed by atoms with Crippen molar-refractivity contribution < 1.29 is 114 Å². The minimum absolute atomic E-state index is 0.609. The van der Waals surface area contributed by atoms with Gasteiger partial charge in [0.05, 0.1) is 67.5 Å². The molecule has 23 nitrogen and oxygen atoms in total. The Morgan fingerprint density at radius 3 is 0.718 bits per heavy atom. The third-order valence-electron chi connectivity index (χ3n) is 10.9. The lowest BCUT2D eigenvalue weighted by molar-refractivity contribution is -0.662. The van der Waals surface area contributed by atoms with Crippen LogP contribution in [0.3, 0.4) is 0 Å². The smallest absolute Gasteiger partial charge is 0.485 e. The van der Waals surface area contributed by atoms with Gasteiger partial charge in [0.15, 0.2) is 67.5 Å². The second-order valence-electron chi connectivity index (χ2n) is 16.0. The first-order valence-electron chi connectivity index (χ1n) is 21.8. The summed E-state index contributed by atoms with van der Waals surface area (Å²) in [6, 6.07) is 5.25. The Balaban J connectivity index is -0.00000132. The predicted molar refractivity (Wildman–Crippen MR) is 297 cm³/mol. The molecule has 0 fully saturated rings. The van der Waals surface area contributed by atoms with Crippen molar-refractivity contribution in [1.82, 2.24) is 27.4 Å². The van der Waals surface area contributed by atoms with Crippen molar-refractivity contribution in [2.45, 2.75) is 98.2 Å². The van der Waals surface area contributed by atoms with Gasteiger partial charge in [0.1, 0.15) is 22.8 Å². The van der Waals surface area contributed by atoms with Crippen LogP contribution in [0.4, 0.5) is 52.7 Å². The minimum Gasteiger partial charge on any atom is -0.741 e. The van der Waals surface area contributed by atoms with Crippen LogP contribution in [-0.4, -0.2) is 101 Å². The lowest BCUT2D eigenvalue weighted by Crippen LogP contribution is -2.31. The monoisotopic (exact) mass is 1470 g/mol. The maximum atomic E-state index is 10.7. The molecular weight excluding hydrogens is 1410 g/mol. The van der Waals surface area contributed by atoms with E-state index in [9.17, 15) is 52.7 Å². The summed E-state index contributed by atoms with van der Waals surface area (Å²) >= 11 is 0. The van der Waals surface area contributed by atoms with Gasteiger partial charge in [-0.1, -0.05) is 0 Å². The van der Waals surface area contributed by atoms with E-state index < -0.39 is 85.3 Å². The van der Waals surface area contributed by atoms with Gasteiger partial charge in [0.25, 0.3) is 15.9 Å². The first-order chi connectivity index (χ1) is 37.7. The number of alkyl halides is 12. The lowest BCUT2D eigenvalue weighted by atomic mass is 10.4. The van der Waals surface area contributed by atoms with Gasteiger partial charge in [-0.15, -0.1) is 0 Å². The van der Waals surface area contributed by atoms with E-state index in [4.69, 9.17) is 67.7 Å². The molecule has 0 aliphatic rings. The SMILES string of the molecule is CC#N.CC#N.CC#N.Cc1c(C)[n+](C)c(-p2sp(-c3n(C)c(C)c(C)[n+]3C)s[p+](=c3n(C)c(C)c(C)n3C)s[p+](=c3n(C)c(C)c(C)n3C)s2)n1C.O=S(=O)([O-])C(F)(F)F.O=S(=O)([O-])C(F)(F)F.O=S(=O)([O-])C(F)(F)F.O=S(=O)([O-])C(F)(F)F. The Bertz CT molecular complexity index is 3630. The Labute approximate surface area is 499 Å². The Hall–Kier alpha value is -3.81. The van der Waals surface area contributed by atoms with Gasteiger partial charge in [-0.05, 0) is 27.7 Å². The van der Waals surface area contributed by atoms with Gasteiger partial charge >= 0.3 is 44.6 Å². The van der Waals surface area contributed by atoms with Crippen molar-refractivity contribution in [3.8, 4) is 29.3 Å². The highest BCUT2D eigenvalue weighted by Crippen LogP contribution is 2.65. The van der Waals surface area contributed by atoms with Crippen LogP contribution in [0, 0.1) is 99.8 Å². The average molecular weight is 1470 g/mol. The van der Waals surface area contributed by atoms with E-state index in [0.717, 1.165) is 0 Å². The highest BCUT2D eigenvalue weighted by Gasteiger charge is 2.40. The molecule has 5 aromatic rings. The van der Waals surface area contributed by atoms with Crippen LogP contribution >= 0.6 is 65.0 Å². The predicted octanol–water partition coefficient (Wildman–Crippen LogP) is 10.8. The summed E-state index contributed by atoms with van der Waals surface area (Å²) in [4.78, 5) is 0. The topological polar surface area (TPSA) is 338 Å². The van der Waals surface area contributed by atoms with Crippen LogP contribution in [0.2, 0.25) is 0 Å². The molecule has 0 N–H and O–H groups in total. The largest absolute Gasteiger partial charge is 0.741 e. The third-order valence-corrected chi connectivity index (χ3v) is 50.6. The fraction of sp³-hybridized carbons (Fsp3) is 0.605. The lowest BCUT2D eigenvalue weighted by Gasteiger charge is -2.08. The summed E-state index contributed by atoms with van der Waals surface area (Å²) in [7, 11) is 2.94. The summed E-state index contributed by atoms with van der Waals surface area (Å²) < 4.78 is 255. The zero-order valence-corrected chi connectivity index (χ0v) is 58.0. The van der Waals surface area contributed by atoms with Crippen LogP contribution in [-0.2, 0) is 96.9 Å². The van der Waals surface area contributed by atoms with Gasteiger partial charge in [0.2, 0.25) is 0 Å². The second-order valence-corrected chi connectivity index (χ2v) is 45.2. The van der Waals surface area contributed by atoms with Crippen molar-refractivity contribution in [3.05, 3.63) is 56.0 Å². The second kappa shape index (κ2) is 33.1. The molecule has 0 aliphatic carbocycles. The van der Waals surface area contributed by atoms with Crippen LogP contribution in [0.1, 0.15) is 66.3 Å². The quantitative estimate of drug-likeness (QED) is 0.0686. The molecule has 5 heterocycles. The molecule has 4 unspecified atom stereocenters. The molecule has 0 aromatic carbocycles. The average Bonchev–Trinajstić information content (AvgIpc) is 3.92. The van der Waals surface area contributed by atoms with E-state index >= 15 is 0 Å². The highest BCUT2D eigenvalue weighted by atomic mass is 33.3. The standard InChI is InChI=1S/C28H48N8P4S4.3C2H3N.4CHF3O3S/c1-17-18(2)30(10)25(29(17)9)37-41-38(26-31(11)19(3)20(4)32(26)12)43-40(28-35(15)23(7)24(8)36(28)16)44-39(42-37)27-33(13)21(5)22(6)34(27)14;3*1-2-3;4*2-1(3,4)8(5,6)7/h1-16H3;3*1H3;4*(H,5,6,7)/q+4;;;;;;;/p-4. The number of hydrogen-bond acceptors (Lipinski definition) is 19. The molecule has 0 amide bonds. The Morgan fingerprint density at radius 2 is 0.588 bits per heavy atom. The molecule has 0 saturated carbocycles. The summed E-state index contributed by atoms with van der Waals surface area (Å²) in [5.74, 6) is -1.22. The van der Waals surface area contributed by atoms with E-state index in [0.29, 0.717) is 0 Å². The van der Waals surface area contributed by atoms with Crippen molar-refractivity contribution >= 4 is 105 Å². The van der Waals surface area contributed by atoms with Crippen LogP contribution in [0.25, 0.3) is 11.1 Å². The Morgan fingerprint density at radius 1 is 0.424 bits per heavy atom. The first-order valence-corrected chi connectivity index (χ1v) is 40.9. The van der Waals surface area contributed by atoms with Gasteiger partial charge in [0, 0.05) is 99.4 Å². The minimum atomic E-state index is -6.09. The molecule has 0 aliphatic heterocycles. The maximum absolute atomic E-state index is 10.7. The van der Waals surface area contributed by atoms with Crippen molar-refractivity contribution in [2.75, 3.05) is 0 Å². The fourth-order valence-electron chi connectivity index (χ4n) is 5.64. The van der Waals surface area contributed by atoms with E-state index in [1.54, 1.807) is 18.2 Å². The molecule has 5 aromatic heterocycles. The van der Waals surface area contributed by atoms with Crippen LogP contribution < -0.4 is 9.13 Å². The number of hydrogen-bond donors (Lipinski definition) is 0. The van der Waals surface area contributed by atoms with Crippen LogP contribution in [0.5, 0.6) is 0 Å². The van der Waals surface area contributed by atoms with Crippen molar-refractivity contribution in [1.29, 1.82) is 15.8 Å². The molecule has 0 bridgehead atoms. The van der Waals surface area contributed by atoms with E-state index in [1.807, 2.05) is 0 Å². The number of imidazole rings is 4. The summed E-state index contributed by atoms with van der Waals surface area (Å²) in [5, 5.41) is 24.9. The highest BCUT2D eigenvalue weighted by molar-refractivity contribution is 8.54. The van der Waals surface area contributed by atoms with Crippen molar-refractivity contribution in [2.24, 2.45) is 56.4 Å². The first kappa shape index (κ1) is 85.4. The molecule has 488 valence electrons. The Kier molecular flexibility index (Phi) is 33.3. The van der Waals surface area contributed by atoms with Gasteiger partial charge in [-0.3, -0.25) is 0 Å². The molecule has 0 saturated heterocycles. The number of nitriles is 3. The number of halogens is 12. The summed E-state index contributed by atoms with van der Waals surface area (Å²) in [6.45, 7) is 22.5. The fourth-order valence-corrected chi connectivity index (χ4v) is 62.7. The van der Waals surface area contributed by atoms with Gasteiger partial charge in [-0.25, -0.2) is 51.9 Å². The summed E-state index contributed by atoms with van der Waals surface area (Å²) in [5.41, 5.74) is -10.0. The molecule has 5 rings (SSSR count). The number of rotatable bonds is 2. The van der Waals surface area contributed by atoms with Crippen LogP contribution in [0.15, 0.2) is 0 Å². The molecule has 47 heteroatoms. The van der Waals surface area contributed by atoms with Gasteiger partial charge < -0.3 is 36.5 Å². The molecule has 0 radical (unpaired) electrons. The maximum Gasteiger partial charge on any atom is 0.485 e. The van der Waals surface area contributed by atoms with Crippen molar-refractivity contribution in [3.63, 3.8) is 0 Å². The zero-order chi connectivity index (χ0) is 68.8. The van der Waals surface area contributed by atoms with E-state index in [-0.39, 0.29) is 0 Å². The molecule has 4 atom stereocenters. The number of nitrogens with zero attached hydrogens (tertiary/aromatic N) is 11. The third kappa shape index (κ3) is 23.6. The molecular formula is C38H57F12N11O12P4S8.